The van der Waals surface area contributed by atoms with Crippen LogP contribution >= 0.6 is 0 Å². The summed E-state index contributed by atoms with van der Waals surface area (Å²) in [5.74, 6) is 0.153. The van der Waals surface area contributed by atoms with Gasteiger partial charge in [-0.15, -0.1) is 0 Å². The van der Waals surface area contributed by atoms with Crippen LogP contribution in [0.2, 0.25) is 0 Å². The fourth-order valence-corrected chi connectivity index (χ4v) is 0.996. The van der Waals surface area contributed by atoms with Crippen molar-refractivity contribution in [3.05, 3.63) is 0 Å². The summed E-state index contributed by atoms with van der Waals surface area (Å²) >= 11 is 0. The number of amides is 1. The van der Waals surface area contributed by atoms with E-state index >= 15 is 0 Å². The lowest BCUT2D eigenvalue weighted by Gasteiger charge is -2.11. The van der Waals surface area contributed by atoms with Gasteiger partial charge in [0.25, 0.3) is 0 Å². The second kappa shape index (κ2) is 2.87. The van der Waals surface area contributed by atoms with Crippen LogP contribution in [0.4, 0.5) is 0 Å². The molecule has 0 bridgehead atoms. The molecule has 1 radical (unpaired) electrons. The molecule has 0 aromatic heterocycles. The van der Waals surface area contributed by atoms with Crippen molar-refractivity contribution < 1.29 is 9.82 Å². The molecule has 1 aliphatic heterocycles. The standard InChI is InChI=1S/C5H9BNO2/c8-5-2-1-3-7(5)4-6-9/h9H,1-4H2. The van der Waals surface area contributed by atoms with Gasteiger partial charge in [0.1, 0.15) is 0 Å². The van der Waals surface area contributed by atoms with Gasteiger partial charge in [-0.1, -0.05) is 0 Å². The van der Waals surface area contributed by atoms with E-state index in [4.69, 9.17) is 5.02 Å². The van der Waals surface area contributed by atoms with Crippen molar-refractivity contribution in [3.8, 4) is 0 Å². The Kier molecular flexibility index (Phi) is 2.11. The maximum atomic E-state index is 10.8. The van der Waals surface area contributed by atoms with Gasteiger partial charge >= 0.3 is 7.48 Å². The summed E-state index contributed by atoms with van der Waals surface area (Å²) in [6, 6.07) is 0. The first-order valence-corrected chi connectivity index (χ1v) is 3.08. The highest BCUT2D eigenvalue weighted by molar-refractivity contribution is 6.26. The fraction of sp³-hybridized carbons (Fsp3) is 0.800. The van der Waals surface area contributed by atoms with Gasteiger partial charge in [0.05, 0.1) is 0 Å². The topological polar surface area (TPSA) is 40.5 Å². The molecule has 0 aromatic rings. The lowest BCUT2D eigenvalue weighted by atomic mass is 10.0. The first kappa shape index (κ1) is 6.61. The van der Waals surface area contributed by atoms with Crippen molar-refractivity contribution in [2.45, 2.75) is 12.8 Å². The normalized spacial score (nSPS) is 18.8. The predicted octanol–water partition coefficient (Wildman–Crippen LogP) is -0.822. The van der Waals surface area contributed by atoms with E-state index in [1.165, 1.54) is 0 Å². The first-order chi connectivity index (χ1) is 4.34. The zero-order chi connectivity index (χ0) is 6.69. The SMILES string of the molecule is O=C1CCCN1C[B]O. The summed E-state index contributed by atoms with van der Waals surface area (Å²) in [5, 5.41) is 8.33. The Hall–Kier alpha value is -0.505. The zero-order valence-electron chi connectivity index (χ0n) is 5.21. The number of rotatable bonds is 2. The maximum Gasteiger partial charge on any atom is 0.308 e. The van der Waals surface area contributed by atoms with Crippen molar-refractivity contribution in [1.82, 2.24) is 4.90 Å². The van der Waals surface area contributed by atoms with Crippen LogP contribution in [0.15, 0.2) is 0 Å². The highest BCUT2D eigenvalue weighted by Gasteiger charge is 2.18. The Morgan fingerprint density at radius 2 is 2.56 bits per heavy atom. The van der Waals surface area contributed by atoms with Gasteiger partial charge in [-0.25, -0.2) is 0 Å². The fourth-order valence-electron chi connectivity index (χ4n) is 0.996. The molecule has 1 amide bonds. The van der Waals surface area contributed by atoms with Crippen LogP contribution in [0.5, 0.6) is 0 Å². The lowest BCUT2D eigenvalue weighted by Crippen LogP contribution is -2.28. The molecule has 0 aliphatic carbocycles. The minimum atomic E-state index is 0.153. The number of hydrogen-bond donors (Lipinski definition) is 1. The molecule has 9 heavy (non-hydrogen) atoms. The van der Waals surface area contributed by atoms with Crippen LogP contribution in [-0.4, -0.2) is 36.3 Å². The lowest BCUT2D eigenvalue weighted by molar-refractivity contribution is -0.127. The highest BCUT2D eigenvalue weighted by Crippen LogP contribution is 2.07. The Morgan fingerprint density at radius 1 is 1.78 bits per heavy atom. The van der Waals surface area contributed by atoms with Gasteiger partial charge in [0.2, 0.25) is 5.91 Å². The average Bonchev–Trinajstić information content (AvgIpc) is 2.18. The molecule has 1 rings (SSSR count). The van der Waals surface area contributed by atoms with Gasteiger partial charge in [-0.3, -0.25) is 4.79 Å². The Bertz CT molecular complexity index is 118. The van der Waals surface area contributed by atoms with E-state index in [0.29, 0.717) is 12.9 Å². The van der Waals surface area contributed by atoms with E-state index < -0.39 is 0 Å². The van der Waals surface area contributed by atoms with Gasteiger partial charge < -0.3 is 9.92 Å². The largest absolute Gasteiger partial charge is 0.452 e. The van der Waals surface area contributed by atoms with Gasteiger partial charge in [0.15, 0.2) is 0 Å². The third-order valence-electron chi connectivity index (χ3n) is 1.47. The molecule has 1 aliphatic rings. The monoisotopic (exact) mass is 126 g/mol. The van der Waals surface area contributed by atoms with E-state index in [9.17, 15) is 4.79 Å². The molecule has 0 unspecified atom stereocenters. The van der Waals surface area contributed by atoms with Crippen molar-refractivity contribution in [2.24, 2.45) is 0 Å². The van der Waals surface area contributed by atoms with Crippen LogP contribution in [-0.2, 0) is 4.79 Å². The molecular weight excluding hydrogens is 117 g/mol. The van der Waals surface area contributed by atoms with Crippen LogP contribution < -0.4 is 0 Å². The van der Waals surface area contributed by atoms with Crippen molar-refractivity contribution in [1.29, 1.82) is 0 Å². The summed E-state index contributed by atoms with van der Waals surface area (Å²) in [6.07, 6.45) is 1.97. The molecular formula is C5H9BNO2. The molecule has 0 spiro atoms. The van der Waals surface area contributed by atoms with Crippen LogP contribution in [0, 0.1) is 0 Å². The van der Waals surface area contributed by atoms with Gasteiger partial charge in [-0.2, -0.15) is 0 Å². The molecule has 1 fully saturated rings. The maximum absolute atomic E-state index is 10.8. The van der Waals surface area contributed by atoms with Crippen molar-refractivity contribution >= 4 is 13.4 Å². The Balaban J connectivity index is 2.31. The minimum Gasteiger partial charge on any atom is -0.452 e. The van der Waals surface area contributed by atoms with Gasteiger partial charge in [0, 0.05) is 19.4 Å². The predicted molar refractivity (Wildman–Crippen MR) is 33.8 cm³/mol. The zero-order valence-corrected chi connectivity index (χ0v) is 5.21. The number of nitrogens with zero attached hydrogens (tertiary/aromatic N) is 1. The van der Waals surface area contributed by atoms with Crippen molar-refractivity contribution in [3.63, 3.8) is 0 Å². The molecule has 1 saturated heterocycles. The van der Waals surface area contributed by atoms with E-state index in [0.717, 1.165) is 20.4 Å². The van der Waals surface area contributed by atoms with Crippen molar-refractivity contribution in [2.75, 3.05) is 13.0 Å². The number of hydrogen-bond acceptors (Lipinski definition) is 2. The van der Waals surface area contributed by atoms with E-state index in [1.54, 1.807) is 4.90 Å². The summed E-state index contributed by atoms with van der Waals surface area (Å²) < 4.78 is 0. The molecule has 4 heteroatoms. The van der Waals surface area contributed by atoms with Crippen LogP contribution in [0.3, 0.4) is 0 Å². The first-order valence-electron chi connectivity index (χ1n) is 3.08. The quantitative estimate of drug-likeness (QED) is 0.491. The van der Waals surface area contributed by atoms with E-state index in [1.807, 2.05) is 0 Å². The highest BCUT2D eigenvalue weighted by atomic mass is 16.2. The van der Waals surface area contributed by atoms with E-state index in [-0.39, 0.29) is 5.91 Å². The van der Waals surface area contributed by atoms with Crippen LogP contribution in [0.25, 0.3) is 0 Å². The van der Waals surface area contributed by atoms with Crippen LogP contribution in [0.1, 0.15) is 12.8 Å². The number of likely N-dealkylation sites (tertiary alicyclic amines) is 1. The Morgan fingerprint density at radius 3 is 3.00 bits per heavy atom. The molecule has 1 N–H and O–H groups in total. The third-order valence-corrected chi connectivity index (χ3v) is 1.47. The number of carbonyl (C=O) groups excluding carboxylic acids is 1. The molecule has 3 nitrogen and oxygen atoms in total. The van der Waals surface area contributed by atoms with E-state index in [2.05, 4.69) is 0 Å². The summed E-state index contributed by atoms with van der Waals surface area (Å²) in [4.78, 5) is 12.4. The molecule has 1 heterocycles. The smallest absolute Gasteiger partial charge is 0.308 e. The minimum absolute atomic E-state index is 0.153. The van der Waals surface area contributed by atoms with Gasteiger partial charge in [-0.05, 0) is 6.42 Å². The molecule has 0 saturated carbocycles. The molecule has 0 atom stereocenters. The second-order valence-electron chi connectivity index (χ2n) is 2.13. The average molecular weight is 126 g/mol. The Labute approximate surface area is 54.9 Å². The third kappa shape index (κ3) is 1.45. The molecule has 0 aromatic carbocycles. The summed E-state index contributed by atoms with van der Waals surface area (Å²) in [5.41, 5.74) is 0. The second-order valence-corrected chi connectivity index (χ2v) is 2.13. The number of carbonyl (C=O) groups is 1. The molecule has 49 valence electrons. The summed E-state index contributed by atoms with van der Waals surface area (Å²) in [7, 11) is 1.02. The summed E-state index contributed by atoms with van der Waals surface area (Å²) in [6.45, 7) is 0.801.